The van der Waals surface area contributed by atoms with Crippen molar-refractivity contribution in [3.63, 3.8) is 0 Å². The first-order valence-corrected chi connectivity index (χ1v) is 10.1. The van der Waals surface area contributed by atoms with Crippen molar-refractivity contribution >= 4 is 23.2 Å². The van der Waals surface area contributed by atoms with E-state index in [2.05, 4.69) is 33.2 Å². The van der Waals surface area contributed by atoms with Gasteiger partial charge in [-0.05, 0) is 30.7 Å². The number of rotatable bonds is 6. The number of aliphatic imine (C=N–C) groups is 1. The molecule has 3 heterocycles. The van der Waals surface area contributed by atoms with Crippen LogP contribution in [0.15, 0.2) is 59.9 Å². The highest BCUT2D eigenvalue weighted by Crippen LogP contribution is 2.31. The standard InChI is InChI=1S/C22H26N6O/c1-2-23-22(24-11-10-17-15-28-12-6-5-9-20(28)26-17)25-14-16-13-21(29)27-19-8-4-3-7-18(16)19/h3-9,12,15-16H,2,10-11,13-14H2,1H3,(H,27,29)(H2,23,24,25). The van der Waals surface area contributed by atoms with Gasteiger partial charge in [0.1, 0.15) is 5.65 Å². The molecule has 0 spiro atoms. The molecule has 3 N–H and O–H groups in total. The molecule has 0 fully saturated rings. The number of amides is 1. The molecule has 3 aromatic rings. The van der Waals surface area contributed by atoms with Crippen molar-refractivity contribution < 1.29 is 4.79 Å². The average Bonchev–Trinajstić information content (AvgIpc) is 3.14. The zero-order valence-electron chi connectivity index (χ0n) is 16.6. The third-order valence-corrected chi connectivity index (χ3v) is 5.01. The summed E-state index contributed by atoms with van der Waals surface area (Å²) >= 11 is 0. The summed E-state index contributed by atoms with van der Waals surface area (Å²) in [4.78, 5) is 21.4. The van der Waals surface area contributed by atoms with E-state index in [1.54, 1.807) is 0 Å². The van der Waals surface area contributed by atoms with Crippen molar-refractivity contribution in [2.45, 2.75) is 25.7 Å². The van der Waals surface area contributed by atoms with Gasteiger partial charge in [0, 0.05) is 49.9 Å². The van der Waals surface area contributed by atoms with E-state index in [4.69, 9.17) is 4.99 Å². The minimum Gasteiger partial charge on any atom is -0.357 e. The molecule has 1 aliphatic rings. The van der Waals surface area contributed by atoms with E-state index in [9.17, 15) is 4.79 Å². The molecular formula is C22H26N6O. The summed E-state index contributed by atoms with van der Waals surface area (Å²) in [6.07, 6.45) is 5.32. The molecule has 4 rings (SSSR count). The molecule has 150 valence electrons. The summed E-state index contributed by atoms with van der Waals surface area (Å²) in [5.74, 6) is 0.905. The van der Waals surface area contributed by atoms with Crippen LogP contribution in [0.2, 0.25) is 0 Å². The van der Waals surface area contributed by atoms with Crippen LogP contribution in [-0.4, -0.2) is 40.9 Å². The summed E-state index contributed by atoms with van der Waals surface area (Å²) < 4.78 is 2.03. The SMILES string of the molecule is CCNC(=NCC1CC(=O)Nc2ccccc21)NCCc1cn2ccccc2n1. The van der Waals surface area contributed by atoms with Crippen LogP contribution < -0.4 is 16.0 Å². The fourth-order valence-corrected chi connectivity index (χ4v) is 3.62. The van der Waals surface area contributed by atoms with Gasteiger partial charge in [0.05, 0.1) is 12.2 Å². The van der Waals surface area contributed by atoms with E-state index in [1.165, 1.54) is 0 Å². The molecule has 0 aliphatic carbocycles. The number of anilines is 1. The zero-order valence-corrected chi connectivity index (χ0v) is 16.6. The van der Waals surface area contributed by atoms with Gasteiger partial charge in [-0.15, -0.1) is 0 Å². The van der Waals surface area contributed by atoms with Crippen molar-refractivity contribution in [3.8, 4) is 0 Å². The predicted octanol–water partition coefficient (Wildman–Crippen LogP) is 2.56. The Morgan fingerprint density at radius 1 is 1.24 bits per heavy atom. The first kappa shape index (κ1) is 19.0. The van der Waals surface area contributed by atoms with Crippen molar-refractivity contribution in [2.75, 3.05) is 25.0 Å². The molecule has 29 heavy (non-hydrogen) atoms. The van der Waals surface area contributed by atoms with Crippen molar-refractivity contribution in [1.82, 2.24) is 20.0 Å². The lowest BCUT2D eigenvalue weighted by Gasteiger charge is -2.24. The summed E-state index contributed by atoms with van der Waals surface area (Å²) in [5.41, 5.74) is 4.04. The summed E-state index contributed by atoms with van der Waals surface area (Å²) in [6, 6.07) is 13.9. The maximum Gasteiger partial charge on any atom is 0.225 e. The Morgan fingerprint density at radius 2 is 2.10 bits per heavy atom. The highest BCUT2D eigenvalue weighted by molar-refractivity contribution is 5.94. The number of hydrogen-bond donors (Lipinski definition) is 3. The Labute approximate surface area is 170 Å². The highest BCUT2D eigenvalue weighted by Gasteiger charge is 2.24. The molecule has 0 radical (unpaired) electrons. The molecule has 1 aliphatic heterocycles. The molecule has 0 saturated heterocycles. The minimum atomic E-state index is 0.0497. The number of carbonyl (C=O) groups excluding carboxylic acids is 1. The van der Waals surface area contributed by atoms with Crippen molar-refractivity contribution in [2.24, 2.45) is 4.99 Å². The quantitative estimate of drug-likeness (QED) is 0.446. The van der Waals surface area contributed by atoms with Gasteiger partial charge in [-0.25, -0.2) is 4.98 Å². The maximum atomic E-state index is 12.0. The Kier molecular flexibility index (Phi) is 5.74. The van der Waals surface area contributed by atoms with E-state index in [0.29, 0.717) is 13.0 Å². The second-order valence-corrected chi connectivity index (χ2v) is 7.13. The maximum absolute atomic E-state index is 12.0. The molecule has 1 atom stereocenters. The smallest absolute Gasteiger partial charge is 0.225 e. The molecule has 7 heteroatoms. The third-order valence-electron chi connectivity index (χ3n) is 5.01. The van der Waals surface area contributed by atoms with Crippen LogP contribution >= 0.6 is 0 Å². The topological polar surface area (TPSA) is 82.8 Å². The van der Waals surface area contributed by atoms with E-state index in [0.717, 1.165) is 48.1 Å². The number of aromatic nitrogens is 2. The van der Waals surface area contributed by atoms with Gasteiger partial charge in [-0.3, -0.25) is 9.79 Å². The lowest BCUT2D eigenvalue weighted by atomic mass is 9.91. The zero-order chi connectivity index (χ0) is 20.1. The number of benzene rings is 1. The number of guanidine groups is 1. The number of fused-ring (bicyclic) bond motifs is 2. The van der Waals surface area contributed by atoms with Crippen LogP contribution in [0, 0.1) is 0 Å². The second kappa shape index (κ2) is 8.77. The van der Waals surface area contributed by atoms with Gasteiger partial charge in [0.15, 0.2) is 5.96 Å². The molecule has 0 saturated carbocycles. The van der Waals surface area contributed by atoms with Gasteiger partial charge in [0.25, 0.3) is 0 Å². The number of pyridine rings is 1. The van der Waals surface area contributed by atoms with Crippen molar-refractivity contribution in [3.05, 3.63) is 66.1 Å². The molecular weight excluding hydrogens is 364 g/mol. The number of imidazole rings is 1. The fraction of sp³-hybridized carbons (Fsp3) is 0.318. The normalized spacial score (nSPS) is 16.4. The van der Waals surface area contributed by atoms with E-state index in [-0.39, 0.29) is 11.8 Å². The first-order valence-electron chi connectivity index (χ1n) is 10.1. The summed E-state index contributed by atoms with van der Waals surface area (Å²) in [7, 11) is 0. The Morgan fingerprint density at radius 3 is 2.97 bits per heavy atom. The Hall–Kier alpha value is -3.35. The van der Waals surface area contributed by atoms with Crippen LogP contribution in [0.5, 0.6) is 0 Å². The molecule has 0 bridgehead atoms. The molecule has 2 aromatic heterocycles. The predicted molar refractivity (Wildman–Crippen MR) is 115 cm³/mol. The highest BCUT2D eigenvalue weighted by atomic mass is 16.1. The van der Waals surface area contributed by atoms with E-state index >= 15 is 0 Å². The molecule has 7 nitrogen and oxygen atoms in total. The molecule has 1 aromatic carbocycles. The Balaban J connectivity index is 1.38. The molecule has 1 amide bonds. The van der Waals surface area contributed by atoms with Gasteiger partial charge in [0.2, 0.25) is 5.91 Å². The van der Waals surface area contributed by atoms with E-state index in [1.807, 2.05) is 53.9 Å². The van der Waals surface area contributed by atoms with E-state index < -0.39 is 0 Å². The number of para-hydroxylation sites is 1. The largest absolute Gasteiger partial charge is 0.357 e. The van der Waals surface area contributed by atoms with Crippen LogP contribution in [0.1, 0.15) is 30.5 Å². The first-order chi connectivity index (χ1) is 14.2. The number of nitrogens with zero attached hydrogens (tertiary/aromatic N) is 3. The molecule has 1 unspecified atom stereocenters. The average molecular weight is 390 g/mol. The third kappa shape index (κ3) is 4.56. The number of carbonyl (C=O) groups is 1. The summed E-state index contributed by atoms with van der Waals surface area (Å²) in [5, 5.41) is 9.60. The second-order valence-electron chi connectivity index (χ2n) is 7.13. The lowest BCUT2D eigenvalue weighted by molar-refractivity contribution is -0.116. The summed E-state index contributed by atoms with van der Waals surface area (Å²) in [6.45, 7) is 4.12. The van der Waals surface area contributed by atoms with Gasteiger partial charge in [-0.2, -0.15) is 0 Å². The van der Waals surface area contributed by atoms with Crippen LogP contribution in [0.25, 0.3) is 5.65 Å². The van der Waals surface area contributed by atoms with Gasteiger partial charge < -0.3 is 20.4 Å². The Bertz CT molecular complexity index is 992. The number of nitrogens with one attached hydrogen (secondary N) is 3. The van der Waals surface area contributed by atoms with Crippen molar-refractivity contribution in [1.29, 1.82) is 0 Å². The van der Waals surface area contributed by atoms with Crippen LogP contribution in [0.4, 0.5) is 5.69 Å². The lowest BCUT2D eigenvalue weighted by Crippen LogP contribution is -2.39. The van der Waals surface area contributed by atoms with Gasteiger partial charge >= 0.3 is 0 Å². The van der Waals surface area contributed by atoms with Crippen LogP contribution in [-0.2, 0) is 11.2 Å². The fourth-order valence-electron chi connectivity index (χ4n) is 3.62. The van der Waals surface area contributed by atoms with Crippen LogP contribution in [0.3, 0.4) is 0 Å². The number of hydrogen-bond acceptors (Lipinski definition) is 3. The van der Waals surface area contributed by atoms with Gasteiger partial charge in [-0.1, -0.05) is 24.3 Å². The minimum absolute atomic E-state index is 0.0497. The monoisotopic (exact) mass is 390 g/mol.